The Labute approximate surface area is 195 Å². The molecule has 1 aliphatic carbocycles. The SMILES string of the molecule is O=C(CN(CC1CC1)C(=O)Nc1ccc(F)cc1F)N(Cc1ccccc1)Cc1cccs1. The fourth-order valence-corrected chi connectivity index (χ4v) is 4.23. The van der Waals surface area contributed by atoms with Gasteiger partial charge < -0.3 is 15.1 Å². The van der Waals surface area contributed by atoms with Crippen molar-refractivity contribution in [1.82, 2.24) is 9.80 Å². The van der Waals surface area contributed by atoms with Crippen molar-refractivity contribution in [3.8, 4) is 0 Å². The summed E-state index contributed by atoms with van der Waals surface area (Å²) >= 11 is 1.57. The molecule has 0 saturated heterocycles. The lowest BCUT2D eigenvalue weighted by Crippen LogP contribution is -2.45. The van der Waals surface area contributed by atoms with Crippen molar-refractivity contribution in [2.75, 3.05) is 18.4 Å². The van der Waals surface area contributed by atoms with Crippen molar-refractivity contribution in [3.05, 3.63) is 88.1 Å². The number of hydrogen-bond acceptors (Lipinski definition) is 3. The monoisotopic (exact) mass is 469 g/mol. The van der Waals surface area contributed by atoms with Crippen LogP contribution in [0.1, 0.15) is 23.3 Å². The molecule has 3 aromatic rings. The van der Waals surface area contributed by atoms with Gasteiger partial charge in [-0.15, -0.1) is 11.3 Å². The molecule has 0 atom stereocenters. The van der Waals surface area contributed by atoms with Gasteiger partial charge >= 0.3 is 6.03 Å². The van der Waals surface area contributed by atoms with Gasteiger partial charge in [-0.3, -0.25) is 4.79 Å². The van der Waals surface area contributed by atoms with Gasteiger partial charge in [0.15, 0.2) is 0 Å². The molecule has 2 aromatic carbocycles. The largest absolute Gasteiger partial charge is 0.332 e. The highest BCUT2D eigenvalue weighted by Gasteiger charge is 2.29. The van der Waals surface area contributed by atoms with Crippen LogP contribution in [0.4, 0.5) is 19.3 Å². The molecule has 1 heterocycles. The van der Waals surface area contributed by atoms with Crippen molar-refractivity contribution in [2.45, 2.75) is 25.9 Å². The molecule has 0 unspecified atom stereocenters. The average molecular weight is 470 g/mol. The van der Waals surface area contributed by atoms with E-state index in [1.165, 1.54) is 11.0 Å². The second kappa shape index (κ2) is 10.6. The Balaban J connectivity index is 1.48. The molecule has 33 heavy (non-hydrogen) atoms. The number of hydrogen-bond donors (Lipinski definition) is 1. The minimum Gasteiger partial charge on any atom is -0.332 e. The molecule has 0 spiro atoms. The predicted octanol–water partition coefficient (Wildman–Crippen LogP) is 5.50. The number of nitrogens with zero attached hydrogens (tertiary/aromatic N) is 2. The van der Waals surface area contributed by atoms with Crippen LogP contribution in [0.25, 0.3) is 0 Å². The molecule has 1 aromatic heterocycles. The number of carbonyl (C=O) groups is 2. The van der Waals surface area contributed by atoms with Gasteiger partial charge in [0.25, 0.3) is 0 Å². The van der Waals surface area contributed by atoms with Gasteiger partial charge in [-0.05, 0) is 47.9 Å². The summed E-state index contributed by atoms with van der Waals surface area (Å²) in [6, 6.07) is 16.0. The molecule has 0 radical (unpaired) electrons. The van der Waals surface area contributed by atoms with Crippen LogP contribution in [-0.2, 0) is 17.9 Å². The minimum atomic E-state index is -0.857. The van der Waals surface area contributed by atoms with E-state index in [2.05, 4.69) is 5.32 Å². The number of nitrogens with one attached hydrogen (secondary N) is 1. The Morgan fingerprint density at radius 2 is 1.76 bits per heavy atom. The number of thiophene rings is 1. The zero-order valence-corrected chi connectivity index (χ0v) is 18.9. The summed E-state index contributed by atoms with van der Waals surface area (Å²) in [4.78, 5) is 30.5. The Kier molecular flexibility index (Phi) is 7.34. The Morgan fingerprint density at radius 3 is 2.42 bits per heavy atom. The van der Waals surface area contributed by atoms with Gasteiger partial charge in [0.05, 0.1) is 12.2 Å². The van der Waals surface area contributed by atoms with Crippen molar-refractivity contribution in [2.24, 2.45) is 5.92 Å². The van der Waals surface area contributed by atoms with E-state index >= 15 is 0 Å². The molecule has 1 saturated carbocycles. The molecule has 1 fully saturated rings. The number of benzene rings is 2. The van der Waals surface area contributed by atoms with Crippen LogP contribution in [0.2, 0.25) is 0 Å². The fourth-order valence-electron chi connectivity index (χ4n) is 3.51. The molecule has 1 N–H and O–H groups in total. The maximum absolute atomic E-state index is 14.0. The molecule has 5 nitrogen and oxygen atoms in total. The number of rotatable bonds is 9. The van der Waals surface area contributed by atoms with E-state index in [1.54, 1.807) is 16.2 Å². The van der Waals surface area contributed by atoms with Crippen LogP contribution in [0.3, 0.4) is 0 Å². The van der Waals surface area contributed by atoms with Crippen LogP contribution in [-0.4, -0.2) is 34.8 Å². The van der Waals surface area contributed by atoms with Gasteiger partial charge in [-0.1, -0.05) is 36.4 Å². The van der Waals surface area contributed by atoms with Gasteiger partial charge in [0, 0.05) is 24.0 Å². The lowest BCUT2D eigenvalue weighted by molar-refractivity contribution is -0.133. The van der Waals surface area contributed by atoms with Gasteiger partial charge in [0.2, 0.25) is 5.91 Å². The topological polar surface area (TPSA) is 52.7 Å². The molecule has 4 rings (SSSR count). The quantitative estimate of drug-likeness (QED) is 0.450. The molecule has 0 bridgehead atoms. The first kappa shape index (κ1) is 22.9. The van der Waals surface area contributed by atoms with E-state index in [9.17, 15) is 18.4 Å². The maximum Gasteiger partial charge on any atom is 0.322 e. The smallest absolute Gasteiger partial charge is 0.322 e. The predicted molar refractivity (Wildman–Crippen MR) is 125 cm³/mol. The third kappa shape index (κ3) is 6.61. The van der Waals surface area contributed by atoms with Gasteiger partial charge in [-0.2, -0.15) is 0 Å². The zero-order chi connectivity index (χ0) is 23.2. The van der Waals surface area contributed by atoms with E-state index in [0.717, 1.165) is 29.3 Å². The molecular weight excluding hydrogens is 444 g/mol. The van der Waals surface area contributed by atoms with Gasteiger partial charge in [-0.25, -0.2) is 13.6 Å². The van der Waals surface area contributed by atoms with Crippen LogP contribution < -0.4 is 5.32 Å². The van der Waals surface area contributed by atoms with Gasteiger partial charge in [0.1, 0.15) is 18.2 Å². The van der Waals surface area contributed by atoms with Crippen molar-refractivity contribution in [1.29, 1.82) is 0 Å². The number of urea groups is 1. The van der Waals surface area contributed by atoms with Crippen molar-refractivity contribution >= 4 is 29.0 Å². The van der Waals surface area contributed by atoms with Crippen LogP contribution in [0.5, 0.6) is 0 Å². The molecular formula is C25H25F2N3O2S. The highest BCUT2D eigenvalue weighted by atomic mass is 32.1. The summed E-state index contributed by atoms with van der Waals surface area (Å²) in [6.07, 6.45) is 1.98. The summed E-state index contributed by atoms with van der Waals surface area (Å²) in [5, 5.41) is 4.45. The summed E-state index contributed by atoms with van der Waals surface area (Å²) in [6.45, 7) is 1.15. The first-order valence-electron chi connectivity index (χ1n) is 10.8. The Hall–Kier alpha value is -3.26. The van der Waals surface area contributed by atoms with E-state index in [4.69, 9.17) is 0 Å². The van der Waals surface area contributed by atoms with Crippen LogP contribution in [0, 0.1) is 17.6 Å². The van der Waals surface area contributed by atoms with E-state index in [0.29, 0.717) is 31.6 Å². The third-order valence-corrected chi connectivity index (χ3v) is 6.32. The molecule has 8 heteroatoms. The van der Waals surface area contributed by atoms with E-state index in [1.807, 2.05) is 47.8 Å². The molecule has 0 aliphatic heterocycles. The molecule has 1 aliphatic rings. The average Bonchev–Trinajstić information content (AvgIpc) is 3.47. The van der Waals surface area contributed by atoms with Crippen LogP contribution in [0.15, 0.2) is 66.0 Å². The van der Waals surface area contributed by atoms with Crippen molar-refractivity contribution in [3.63, 3.8) is 0 Å². The highest BCUT2D eigenvalue weighted by Crippen LogP contribution is 2.30. The molecule has 172 valence electrons. The summed E-state index contributed by atoms with van der Waals surface area (Å²) in [5.41, 5.74) is 0.878. The second-order valence-electron chi connectivity index (χ2n) is 8.19. The first-order chi connectivity index (χ1) is 16.0. The maximum atomic E-state index is 14.0. The second-order valence-corrected chi connectivity index (χ2v) is 9.23. The standard InChI is InChI=1S/C25H25F2N3O2S/c26-20-10-11-23(22(27)13-20)28-25(32)30(15-19-8-9-19)17-24(31)29(16-21-7-4-12-33-21)14-18-5-2-1-3-6-18/h1-7,10-13,19H,8-9,14-17H2,(H,28,32). The zero-order valence-electron chi connectivity index (χ0n) is 18.0. The summed E-state index contributed by atoms with van der Waals surface area (Å²) in [7, 11) is 0. The number of anilines is 1. The van der Waals surface area contributed by atoms with Crippen molar-refractivity contribution < 1.29 is 18.4 Å². The third-order valence-electron chi connectivity index (χ3n) is 5.46. The Bertz CT molecular complexity index is 1090. The number of carbonyl (C=O) groups excluding carboxylic acids is 2. The summed E-state index contributed by atoms with van der Waals surface area (Å²) < 4.78 is 27.3. The first-order valence-corrected chi connectivity index (χ1v) is 11.7. The Morgan fingerprint density at radius 1 is 0.970 bits per heavy atom. The number of amides is 3. The van der Waals surface area contributed by atoms with E-state index in [-0.39, 0.29) is 18.1 Å². The highest BCUT2D eigenvalue weighted by molar-refractivity contribution is 7.09. The normalized spacial score (nSPS) is 12.9. The van der Waals surface area contributed by atoms with E-state index < -0.39 is 17.7 Å². The minimum absolute atomic E-state index is 0.116. The summed E-state index contributed by atoms with van der Waals surface area (Å²) in [5.74, 6) is -1.44. The lowest BCUT2D eigenvalue weighted by atomic mass is 10.2. The lowest BCUT2D eigenvalue weighted by Gasteiger charge is -2.28. The number of halogens is 2. The van der Waals surface area contributed by atoms with Crippen LogP contribution >= 0.6 is 11.3 Å². The molecule has 3 amide bonds. The fraction of sp³-hybridized carbons (Fsp3) is 0.280.